The molecule has 0 bridgehead atoms. The van der Waals surface area contributed by atoms with Crippen LogP contribution in [0.4, 0.5) is 5.69 Å². The van der Waals surface area contributed by atoms with Crippen molar-refractivity contribution in [1.82, 2.24) is 0 Å². The molecule has 2 atom stereocenters. The highest BCUT2D eigenvalue weighted by molar-refractivity contribution is 6.10. The van der Waals surface area contributed by atoms with Gasteiger partial charge in [0.2, 0.25) is 5.91 Å². The fourth-order valence-electron chi connectivity index (χ4n) is 4.37. The number of hydrogen-bond donors (Lipinski definition) is 1. The van der Waals surface area contributed by atoms with Crippen LogP contribution in [0.5, 0.6) is 0 Å². The van der Waals surface area contributed by atoms with Crippen LogP contribution in [-0.4, -0.2) is 24.7 Å². The van der Waals surface area contributed by atoms with E-state index in [1.165, 1.54) is 31.2 Å². The van der Waals surface area contributed by atoms with E-state index in [4.69, 9.17) is 5.73 Å². The van der Waals surface area contributed by atoms with E-state index in [9.17, 15) is 4.79 Å². The number of carbonyl (C=O) groups excluding carboxylic acids is 1. The van der Waals surface area contributed by atoms with E-state index in [0.717, 1.165) is 36.2 Å². The third kappa shape index (κ3) is 4.42. The third-order valence-electron chi connectivity index (χ3n) is 5.84. The number of unbranched alkanes of at least 4 members (excludes halogenated alkanes) is 2. The number of benzene rings is 1. The van der Waals surface area contributed by atoms with Crippen LogP contribution in [0.3, 0.4) is 0 Å². The molecule has 4 nitrogen and oxygen atoms in total. The van der Waals surface area contributed by atoms with Crippen LogP contribution in [0.25, 0.3) is 5.57 Å². The summed E-state index contributed by atoms with van der Waals surface area (Å²) in [5.41, 5.74) is 10.2. The molecule has 0 aromatic heterocycles. The van der Waals surface area contributed by atoms with Gasteiger partial charge in [0.05, 0.1) is 0 Å². The predicted octanol–water partition coefficient (Wildman–Crippen LogP) is 4.57. The van der Waals surface area contributed by atoms with E-state index in [1.807, 2.05) is 6.21 Å². The topological polar surface area (TPSA) is 58.7 Å². The van der Waals surface area contributed by atoms with Crippen LogP contribution in [0.15, 0.2) is 29.4 Å². The molecule has 2 N–H and O–H groups in total. The average Bonchev–Trinajstić information content (AvgIpc) is 3.48. The number of carbonyl (C=O) groups is 1. The zero-order valence-corrected chi connectivity index (χ0v) is 16.9. The summed E-state index contributed by atoms with van der Waals surface area (Å²) in [7, 11) is 0. The number of hydrogen-bond acceptors (Lipinski definition) is 3. The Balaban J connectivity index is 1.83. The van der Waals surface area contributed by atoms with Crippen LogP contribution in [0.1, 0.15) is 64.0 Å². The molecular weight excluding hydrogens is 334 g/mol. The summed E-state index contributed by atoms with van der Waals surface area (Å²) in [6.07, 6.45) is 10.6. The second-order valence-electron chi connectivity index (χ2n) is 8.11. The van der Waals surface area contributed by atoms with Crippen molar-refractivity contribution in [2.45, 2.75) is 65.3 Å². The number of rotatable bonds is 7. The Morgan fingerprint density at radius 1 is 1.33 bits per heavy atom. The van der Waals surface area contributed by atoms with Gasteiger partial charge in [0.15, 0.2) is 0 Å². The smallest absolute Gasteiger partial charge is 0.224 e. The van der Waals surface area contributed by atoms with Gasteiger partial charge >= 0.3 is 0 Å². The van der Waals surface area contributed by atoms with Gasteiger partial charge in [-0.1, -0.05) is 32.8 Å². The van der Waals surface area contributed by atoms with Gasteiger partial charge in [-0.25, -0.2) is 0 Å². The number of amides is 1. The molecule has 1 aromatic rings. The van der Waals surface area contributed by atoms with E-state index < -0.39 is 0 Å². The molecule has 2 aliphatic rings. The SMILES string of the molecule is CCCCCN=CC(=CN)c1ccc2c(c1)CC(C)[C@H](C1CC1)N2C(C)=O. The van der Waals surface area contributed by atoms with Crippen molar-refractivity contribution in [2.75, 3.05) is 11.4 Å². The lowest BCUT2D eigenvalue weighted by molar-refractivity contribution is -0.117. The van der Waals surface area contributed by atoms with Crippen molar-refractivity contribution in [3.05, 3.63) is 35.5 Å². The second kappa shape index (κ2) is 8.73. The summed E-state index contributed by atoms with van der Waals surface area (Å²) in [6, 6.07) is 6.72. The highest BCUT2D eigenvalue weighted by Gasteiger charge is 2.43. The van der Waals surface area contributed by atoms with Crippen LogP contribution in [0, 0.1) is 11.8 Å². The van der Waals surface area contributed by atoms with Gasteiger partial charge in [0, 0.05) is 43.2 Å². The lowest BCUT2D eigenvalue weighted by Gasteiger charge is -2.41. The minimum atomic E-state index is 0.152. The highest BCUT2D eigenvalue weighted by Crippen LogP contribution is 2.45. The Morgan fingerprint density at radius 2 is 2.11 bits per heavy atom. The molecule has 3 rings (SSSR count). The Bertz CT molecular complexity index is 733. The molecule has 1 aliphatic carbocycles. The van der Waals surface area contributed by atoms with E-state index in [0.29, 0.717) is 17.9 Å². The van der Waals surface area contributed by atoms with E-state index in [-0.39, 0.29) is 5.91 Å². The lowest BCUT2D eigenvalue weighted by atomic mass is 9.83. The summed E-state index contributed by atoms with van der Waals surface area (Å²) in [5.74, 6) is 1.31. The second-order valence-corrected chi connectivity index (χ2v) is 8.11. The lowest BCUT2D eigenvalue weighted by Crippen LogP contribution is -2.48. The van der Waals surface area contributed by atoms with Crippen molar-refractivity contribution in [1.29, 1.82) is 0 Å². The summed E-state index contributed by atoms with van der Waals surface area (Å²) in [6.45, 7) is 7.01. The predicted molar refractivity (Wildman–Crippen MR) is 114 cm³/mol. The monoisotopic (exact) mass is 367 g/mol. The van der Waals surface area contributed by atoms with Gasteiger partial charge < -0.3 is 10.6 Å². The molecule has 4 heteroatoms. The minimum Gasteiger partial charge on any atom is -0.404 e. The number of aliphatic imine (C=N–C) groups is 1. The molecule has 1 aromatic carbocycles. The average molecular weight is 368 g/mol. The van der Waals surface area contributed by atoms with Crippen molar-refractivity contribution in [3.63, 3.8) is 0 Å². The van der Waals surface area contributed by atoms with Crippen LogP contribution < -0.4 is 10.6 Å². The normalized spacial score (nSPS) is 22.9. The number of nitrogens with two attached hydrogens (primary N) is 1. The van der Waals surface area contributed by atoms with Crippen LogP contribution in [-0.2, 0) is 11.2 Å². The van der Waals surface area contributed by atoms with Gasteiger partial charge in [-0.3, -0.25) is 9.79 Å². The summed E-state index contributed by atoms with van der Waals surface area (Å²) in [5, 5.41) is 0. The molecule has 1 saturated carbocycles. The first-order valence-electron chi connectivity index (χ1n) is 10.4. The highest BCUT2D eigenvalue weighted by atomic mass is 16.2. The fourth-order valence-corrected chi connectivity index (χ4v) is 4.37. The number of fused-ring (bicyclic) bond motifs is 1. The van der Waals surface area contributed by atoms with Gasteiger partial charge in [0.1, 0.15) is 0 Å². The maximum Gasteiger partial charge on any atom is 0.224 e. The fraction of sp³-hybridized carbons (Fsp3) is 0.565. The first-order valence-corrected chi connectivity index (χ1v) is 10.4. The number of allylic oxidation sites excluding steroid dienone is 1. The summed E-state index contributed by atoms with van der Waals surface area (Å²) < 4.78 is 0. The van der Waals surface area contributed by atoms with Gasteiger partial charge in [0.25, 0.3) is 0 Å². The minimum absolute atomic E-state index is 0.152. The molecule has 1 aliphatic heterocycles. The first kappa shape index (κ1) is 19.7. The van der Waals surface area contributed by atoms with Crippen molar-refractivity contribution in [3.8, 4) is 0 Å². The standard InChI is InChI=1S/C23H33N3O/c1-4-5-6-11-25-15-21(14-24)19-9-10-22-20(13-19)12-16(2)23(18-7-8-18)26(22)17(3)27/h9-10,13-16,18,23H,4-8,11-12,24H2,1-3H3/t16?,23-/m1/s1. The molecule has 0 saturated heterocycles. The largest absolute Gasteiger partial charge is 0.404 e. The van der Waals surface area contributed by atoms with E-state index in [1.54, 1.807) is 13.1 Å². The number of nitrogens with zero attached hydrogens (tertiary/aromatic N) is 2. The summed E-state index contributed by atoms with van der Waals surface area (Å²) in [4.78, 5) is 19.0. The Labute approximate surface area is 163 Å². The quantitative estimate of drug-likeness (QED) is 0.567. The molecule has 1 amide bonds. The Kier molecular flexibility index (Phi) is 6.35. The first-order chi connectivity index (χ1) is 13.1. The van der Waals surface area contributed by atoms with Crippen molar-refractivity contribution in [2.24, 2.45) is 22.6 Å². The molecule has 1 heterocycles. The maximum absolute atomic E-state index is 12.4. The van der Waals surface area contributed by atoms with Crippen molar-refractivity contribution < 1.29 is 4.79 Å². The molecule has 27 heavy (non-hydrogen) atoms. The number of anilines is 1. The van der Waals surface area contributed by atoms with Crippen LogP contribution >= 0.6 is 0 Å². The van der Waals surface area contributed by atoms with E-state index in [2.05, 4.69) is 41.9 Å². The maximum atomic E-state index is 12.4. The van der Waals surface area contributed by atoms with Gasteiger partial charge in [-0.05, 0) is 60.8 Å². The molecule has 146 valence electrons. The molecular formula is C23H33N3O. The molecule has 1 fully saturated rings. The molecule has 0 spiro atoms. The summed E-state index contributed by atoms with van der Waals surface area (Å²) >= 11 is 0. The zero-order chi connectivity index (χ0) is 19.4. The Morgan fingerprint density at radius 3 is 2.74 bits per heavy atom. The molecule has 0 radical (unpaired) electrons. The third-order valence-corrected chi connectivity index (χ3v) is 5.84. The van der Waals surface area contributed by atoms with Gasteiger partial charge in [-0.15, -0.1) is 0 Å². The molecule has 1 unspecified atom stereocenters. The van der Waals surface area contributed by atoms with Gasteiger partial charge in [-0.2, -0.15) is 0 Å². The van der Waals surface area contributed by atoms with Crippen molar-refractivity contribution >= 4 is 23.4 Å². The van der Waals surface area contributed by atoms with Crippen LogP contribution in [0.2, 0.25) is 0 Å². The Hall–Kier alpha value is -2.10. The van der Waals surface area contributed by atoms with E-state index >= 15 is 0 Å². The zero-order valence-electron chi connectivity index (χ0n) is 16.9.